The Morgan fingerprint density at radius 2 is 1.93 bits per heavy atom. The minimum absolute atomic E-state index is 0.249. The average molecular weight is 209 g/mol. The van der Waals surface area contributed by atoms with Crippen molar-refractivity contribution < 1.29 is 0 Å². The van der Waals surface area contributed by atoms with Gasteiger partial charge in [-0.25, -0.2) is 0 Å². The van der Waals surface area contributed by atoms with Gasteiger partial charge < -0.3 is 5.73 Å². The van der Waals surface area contributed by atoms with Crippen LogP contribution >= 0.6 is 11.8 Å². The minimum atomic E-state index is 0.249. The monoisotopic (exact) mass is 209 g/mol. The molecule has 0 fully saturated rings. The van der Waals surface area contributed by atoms with Crippen molar-refractivity contribution in [1.29, 1.82) is 0 Å². The summed E-state index contributed by atoms with van der Waals surface area (Å²) in [6.07, 6.45) is 0. The number of rotatable bonds is 2. The molecule has 2 N–H and O–H groups in total. The lowest BCUT2D eigenvalue weighted by atomic mass is 10.1. The van der Waals surface area contributed by atoms with E-state index in [1.807, 2.05) is 11.8 Å². The summed E-state index contributed by atoms with van der Waals surface area (Å²) in [6.45, 7) is 9.39. The van der Waals surface area contributed by atoms with Gasteiger partial charge in [-0.05, 0) is 18.6 Å². The number of hydrogen-bond donors (Lipinski definition) is 1. The summed E-state index contributed by atoms with van der Waals surface area (Å²) in [5, 5.41) is 0. The molecule has 0 atom stereocenters. The molecular formula is C12H19NS. The maximum Gasteiger partial charge on any atom is 0.0189 e. The van der Waals surface area contributed by atoms with Gasteiger partial charge >= 0.3 is 0 Å². The van der Waals surface area contributed by atoms with Gasteiger partial charge in [0.1, 0.15) is 0 Å². The summed E-state index contributed by atoms with van der Waals surface area (Å²) in [7, 11) is 0. The lowest BCUT2D eigenvalue weighted by Crippen LogP contribution is -2.09. The van der Waals surface area contributed by atoms with Gasteiger partial charge in [-0.1, -0.05) is 38.5 Å². The fraction of sp³-hybridized carbons (Fsp3) is 0.500. The van der Waals surface area contributed by atoms with Gasteiger partial charge in [0.2, 0.25) is 0 Å². The quantitative estimate of drug-likeness (QED) is 0.756. The lowest BCUT2D eigenvalue weighted by molar-refractivity contribution is 0.801. The van der Waals surface area contributed by atoms with E-state index in [0.717, 1.165) is 0 Å². The summed E-state index contributed by atoms with van der Waals surface area (Å²) in [6, 6.07) is 6.49. The first kappa shape index (κ1) is 11.6. The highest BCUT2D eigenvalue weighted by molar-refractivity contribution is 8.00. The van der Waals surface area contributed by atoms with Crippen molar-refractivity contribution in [3.63, 3.8) is 0 Å². The molecule has 1 nitrogen and oxygen atoms in total. The van der Waals surface area contributed by atoms with Crippen LogP contribution in [0.2, 0.25) is 0 Å². The molecule has 78 valence electrons. The zero-order chi connectivity index (χ0) is 10.8. The Balaban J connectivity index is 2.97. The van der Waals surface area contributed by atoms with Crippen molar-refractivity contribution in [2.45, 2.75) is 43.9 Å². The van der Waals surface area contributed by atoms with Crippen molar-refractivity contribution >= 4 is 11.8 Å². The molecule has 0 aliphatic heterocycles. The Kier molecular flexibility index (Phi) is 3.62. The van der Waals surface area contributed by atoms with Crippen LogP contribution in [-0.2, 0) is 6.54 Å². The molecule has 0 spiro atoms. The van der Waals surface area contributed by atoms with Crippen LogP contribution in [0.3, 0.4) is 0 Å². The normalized spacial score (nSPS) is 11.8. The number of nitrogens with two attached hydrogens (primary N) is 1. The summed E-state index contributed by atoms with van der Waals surface area (Å²) in [5.41, 5.74) is 8.26. The standard InChI is InChI=1S/C12H19NS/c1-9-5-6-11(10(7-9)8-13)14-12(2,3)4/h5-7H,8,13H2,1-4H3. The topological polar surface area (TPSA) is 26.0 Å². The summed E-state index contributed by atoms with van der Waals surface area (Å²) < 4.78 is 0.249. The third-order valence-corrected chi connectivity index (χ3v) is 3.08. The van der Waals surface area contributed by atoms with E-state index < -0.39 is 0 Å². The van der Waals surface area contributed by atoms with Gasteiger partial charge in [-0.3, -0.25) is 0 Å². The molecule has 0 amide bonds. The molecule has 2 heteroatoms. The fourth-order valence-corrected chi connectivity index (χ4v) is 2.37. The van der Waals surface area contributed by atoms with Gasteiger partial charge in [0.25, 0.3) is 0 Å². The van der Waals surface area contributed by atoms with Crippen LogP contribution in [0, 0.1) is 6.92 Å². The van der Waals surface area contributed by atoms with E-state index in [-0.39, 0.29) is 4.75 Å². The predicted octanol–water partition coefficient (Wildman–Crippen LogP) is 3.34. The second-order valence-corrected chi connectivity index (χ2v) is 6.40. The van der Waals surface area contributed by atoms with Gasteiger partial charge in [0.15, 0.2) is 0 Å². The van der Waals surface area contributed by atoms with Crippen LogP contribution < -0.4 is 5.73 Å². The van der Waals surface area contributed by atoms with Crippen LogP contribution in [0.25, 0.3) is 0 Å². The van der Waals surface area contributed by atoms with E-state index in [2.05, 4.69) is 45.9 Å². The van der Waals surface area contributed by atoms with Gasteiger partial charge in [-0.15, -0.1) is 11.8 Å². The fourth-order valence-electron chi connectivity index (χ4n) is 1.30. The SMILES string of the molecule is Cc1ccc(SC(C)(C)C)c(CN)c1. The molecule has 0 aliphatic rings. The van der Waals surface area contributed by atoms with Gasteiger partial charge in [0, 0.05) is 16.2 Å². The summed E-state index contributed by atoms with van der Waals surface area (Å²) in [5.74, 6) is 0. The Morgan fingerprint density at radius 3 is 2.43 bits per heavy atom. The third kappa shape index (κ3) is 3.35. The molecule has 0 bridgehead atoms. The smallest absolute Gasteiger partial charge is 0.0189 e. The van der Waals surface area contributed by atoms with Crippen molar-refractivity contribution in [2.75, 3.05) is 0 Å². The lowest BCUT2D eigenvalue weighted by Gasteiger charge is -2.19. The van der Waals surface area contributed by atoms with Crippen LogP contribution in [0.5, 0.6) is 0 Å². The molecule has 1 aromatic rings. The first-order valence-electron chi connectivity index (χ1n) is 4.91. The third-order valence-electron chi connectivity index (χ3n) is 1.85. The van der Waals surface area contributed by atoms with Crippen LogP contribution in [0.4, 0.5) is 0 Å². The maximum absolute atomic E-state index is 5.73. The summed E-state index contributed by atoms with van der Waals surface area (Å²) in [4.78, 5) is 1.31. The second kappa shape index (κ2) is 4.37. The van der Waals surface area contributed by atoms with E-state index in [4.69, 9.17) is 5.73 Å². The Hall–Kier alpha value is -0.470. The predicted molar refractivity (Wildman–Crippen MR) is 64.7 cm³/mol. The highest BCUT2D eigenvalue weighted by atomic mass is 32.2. The van der Waals surface area contributed by atoms with Gasteiger partial charge in [0.05, 0.1) is 0 Å². The molecule has 0 heterocycles. The number of thioether (sulfide) groups is 1. The van der Waals surface area contributed by atoms with Crippen LogP contribution in [0.15, 0.2) is 23.1 Å². The Labute approximate surface area is 91.1 Å². The molecule has 0 aromatic heterocycles. The van der Waals surface area contributed by atoms with E-state index in [9.17, 15) is 0 Å². The second-order valence-electron chi connectivity index (χ2n) is 4.53. The first-order chi connectivity index (χ1) is 6.42. The minimum Gasteiger partial charge on any atom is -0.326 e. The first-order valence-corrected chi connectivity index (χ1v) is 5.72. The molecule has 0 aliphatic carbocycles. The van der Waals surface area contributed by atoms with Crippen LogP contribution in [-0.4, -0.2) is 4.75 Å². The molecule has 14 heavy (non-hydrogen) atoms. The number of benzene rings is 1. The molecule has 1 aromatic carbocycles. The van der Waals surface area contributed by atoms with E-state index >= 15 is 0 Å². The van der Waals surface area contributed by atoms with Crippen molar-refractivity contribution in [3.05, 3.63) is 29.3 Å². The van der Waals surface area contributed by atoms with E-state index in [1.54, 1.807) is 0 Å². The maximum atomic E-state index is 5.73. The number of hydrogen-bond acceptors (Lipinski definition) is 2. The molecule has 0 radical (unpaired) electrons. The van der Waals surface area contributed by atoms with E-state index in [1.165, 1.54) is 16.0 Å². The zero-order valence-electron chi connectivity index (χ0n) is 9.42. The molecular weight excluding hydrogens is 190 g/mol. The van der Waals surface area contributed by atoms with Crippen molar-refractivity contribution in [3.8, 4) is 0 Å². The molecule has 0 saturated carbocycles. The highest BCUT2D eigenvalue weighted by Crippen LogP contribution is 2.34. The molecule has 0 unspecified atom stereocenters. The molecule has 0 saturated heterocycles. The van der Waals surface area contributed by atoms with E-state index in [0.29, 0.717) is 6.54 Å². The molecule has 1 rings (SSSR count). The van der Waals surface area contributed by atoms with Crippen LogP contribution in [0.1, 0.15) is 31.9 Å². The van der Waals surface area contributed by atoms with Crippen molar-refractivity contribution in [2.24, 2.45) is 5.73 Å². The highest BCUT2D eigenvalue weighted by Gasteiger charge is 2.14. The average Bonchev–Trinajstić information content (AvgIpc) is 2.06. The van der Waals surface area contributed by atoms with Crippen molar-refractivity contribution in [1.82, 2.24) is 0 Å². The summed E-state index contributed by atoms with van der Waals surface area (Å²) >= 11 is 1.88. The Morgan fingerprint density at radius 1 is 1.29 bits per heavy atom. The van der Waals surface area contributed by atoms with Gasteiger partial charge in [-0.2, -0.15) is 0 Å². The number of aryl methyl sites for hydroxylation is 1. The largest absolute Gasteiger partial charge is 0.326 e. The Bertz CT molecular complexity index is 313. The zero-order valence-corrected chi connectivity index (χ0v) is 10.2.